The van der Waals surface area contributed by atoms with Gasteiger partial charge >= 0.3 is 0 Å². The van der Waals surface area contributed by atoms with E-state index in [-0.39, 0.29) is 11.5 Å². The number of fused-ring (bicyclic) bond motifs is 1. The first kappa shape index (κ1) is 18.5. The van der Waals surface area contributed by atoms with Gasteiger partial charge in [-0.25, -0.2) is 4.98 Å². The molecule has 1 atom stereocenters. The molecule has 0 aliphatic rings. The maximum atomic E-state index is 13.0. The predicted octanol–water partition coefficient (Wildman–Crippen LogP) is 3.76. The van der Waals surface area contributed by atoms with Crippen molar-refractivity contribution in [2.24, 2.45) is 7.05 Å². The molecule has 9 heteroatoms. The number of carbonyl (C=O) groups is 1. The monoisotopic (exact) mass is 412 g/mol. The highest BCUT2D eigenvalue weighted by atomic mass is 32.2. The molecule has 7 nitrogen and oxygen atoms in total. The molecule has 0 saturated heterocycles. The van der Waals surface area contributed by atoms with E-state index in [1.165, 1.54) is 27.7 Å². The molecule has 1 aromatic carbocycles. The second-order valence-corrected chi connectivity index (χ2v) is 8.09. The second-order valence-electron chi connectivity index (χ2n) is 6.12. The normalized spacial score (nSPS) is 12.2. The number of aryl methyl sites for hydroxylation is 1. The molecule has 0 aliphatic heterocycles. The molecule has 3 heterocycles. The van der Waals surface area contributed by atoms with E-state index in [2.05, 4.69) is 15.5 Å². The van der Waals surface area contributed by atoms with Crippen LogP contribution in [0, 0.1) is 6.92 Å². The number of rotatable bonds is 5. The lowest BCUT2D eigenvalue weighted by Gasteiger charge is -2.17. The van der Waals surface area contributed by atoms with Crippen LogP contribution in [-0.2, 0) is 11.8 Å². The van der Waals surface area contributed by atoms with Crippen LogP contribution in [-0.4, -0.2) is 20.6 Å². The molecule has 1 unspecified atom stereocenters. The molecule has 0 spiro atoms. The fourth-order valence-electron chi connectivity index (χ4n) is 2.71. The summed E-state index contributed by atoms with van der Waals surface area (Å²) < 4.78 is 6.49. The zero-order valence-corrected chi connectivity index (χ0v) is 16.7. The molecule has 3 aromatic heterocycles. The maximum Gasteiger partial charge on any atom is 0.262 e. The molecule has 0 aliphatic carbocycles. The highest BCUT2D eigenvalue weighted by molar-refractivity contribution is 8.00. The third-order valence-electron chi connectivity index (χ3n) is 4.11. The van der Waals surface area contributed by atoms with Crippen molar-refractivity contribution in [3.63, 3.8) is 0 Å². The molecule has 0 bridgehead atoms. The summed E-state index contributed by atoms with van der Waals surface area (Å²) in [6.07, 6.45) is 0. The van der Waals surface area contributed by atoms with Crippen LogP contribution in [0.4, 0.5) is 5.82 Å². The van der Waals surface area contributed by atoms with Crippen molar-refractivity contribution < 1.29 is 9.32 Å². The van der Waals surface area contributed by atoms with Crippen molar-refractivity contribution >= 4 is 45.0 Å². The van der Waals surface area contributed by atoms with Gasteiger partial charge in [-0.1, -0.05) is 47.3 Å². The Morgan fingerprint density at radius 1 is 1.29 bits per heavy atom. The van der Waals surface area contributed by atoms with Crippen molar-refractivity contribution in [2.45, 2.75) is 17.3 Å². The number of carbonyl (C=O) groups excluding carboxylic acids is 1. The van der Waals surface area contributed by atoms with Crippen LogP contribution in [0.3, 0.4) is 0 Å². The molecule has 0 radical (unpaired) electrons. The molecular weight excluding hydrogens is 396 g/mol. The van der Waals surface area contributed by atoms with Gasteiger partial charge in [0, 0.05) is 13.1 Å². The van der Waals surface area contributed by atoms with Crippen molar-refractivity contribution in [1.29, 1.82) is 0 Å². The smallest absolute Gasteiger partial charge is 0.262 e. The predicted molar refractivity (Wildman–Crippen MR) is 110 cm³/mol. The van der Waals surface area contributed by atoms with Gasteiger partial charge in [0.05, 0.1) is 5.39 Å². The molecule has 4 rings (SSSR count). The number of anilines is 1. The molecule has 0 fully saturated rings. The van der Waals surface area contributed by atoms with Crippen molar-refractivity contribution in [2.75, 3.05) is 5.32 Å². The highest BCUT2D eigenvalue weighted by Crippen LogP contribution is 2.35. The average Bonchev–Trinajstić information content (AvgIpc) is 3.33. The number of thioether (sulfide) groups is 1. The SMILES string of the molecule is Cc1cc(NC(=O)C(Sc2nc3sccc3c(=O)n2C)c2ccccc2)no1. The van der Waals surface area contributed by atoms with Crippen molar-refractivity contribution in [3.05, 3.63) is 69.5 Å². The van der Waals surface area contributed by atoms with Gasteiger partial charge < -0.3 is 9.84 Å². The standard InChI is InChI=1S/C19H16N4O3S2/c1-11-10-14(22-26-11)20-16(24)15(12-6-4-3-5-7-12)28-19-21-17-13(8-9-27-17)18(25)23(19)2/h3-10,15H,1-2H3,(H,20,22,24). The van der Waals surface area contributed by atoms with Gasteiger partial charge in [-0.15, -0.1) is 11.3 Å². The van der Waals surface area contributed by atoms with E-state index in [4.69, 9.17) is 4.52 Å². The van der Waals surface area contributed by atoms with Crippen LogP contribution in [0.2, 0.25) is 0 Å². The molecular formula is C19H16N4O3S2. The van der Waals surface area contributed by atoms with Gasteiger partial charge in [0.15, 0.2) is 11.0 Å². The van der Waals surface area contributed by atoms with Crippen LogP contribution < -0.4 is 10.9 Å². The van der Waals surface area contributed by atoms with Crippen LogP contribution in [0.5, 0.6) is 0 Å². The average molecular weight is 412 g/mol. The lowest BCUT2D eigenvalue weighted by atomic mass is 10.1. The van der Waals surface area contributed by atoms with Crippen LogP contribution in [0.15, 0.2) is 62.3 Å². The Labute approximate surface area is 168 Å². The molecule has 0 saturated carbocycles. The number of thiophene rings is 1. The van der Waals surface area contributed by atoms with Gasteiger partial charge in [0.25, 0.3) is 5.56 Å². The summed E-state index contributed by atoms with van der Waals surface area (Å²) in [5.74, 6) is 0.677. The van der Waals surface area contributed by atoms with Gasteiger partial charge in [0.2, 0.25) is 5.91 Å². The number of aromatic nitrogens is 3. The number of benzene rings is 1. The molecule has 28 heavy (non-hydrogen) atoms. The molecule has 1 amide bonds. The van der Waals surface area contributed by atoms with E-state index in [9.17, 15) is 9.59 Å². The third kappa shape index (κ3) is 3.58. The Kier molecular flexibility index (Phi) is 5.01. The number of hydrogen-bond acceptors (Lipinski definition) is 7. The second kappa shape index (κ2) is 7.61. The Morgan fingerprint density at radius 3 is 2.79 bits per heavy atom. The minimum atomic E-state index is -0.617. The van der Waals surface area contributed by atoms with E-state index < -0.39 is 5.25 Å². The molecule has 142 valence electrons. The summed E-state index contributed by atoms with van der Waals surface area (Å²) in [6, 6.07) is 12.8. The zero-order valence-electron chi connectivity index (χ0n) is 15.1. The summed E-state index contributed by atoms with van der Waals surface area (Å²) in [5, 5.41) is 8.86. The topological polar surface area (TPSA) is 90.0 Å². The van der Waals surface area contributed by atoms with E-state index in [0.717, 1.165) is 5.56 Å². The van der Waals surface area contributed by atoms with Gasteiger partial charge in [-0.2, -0.15) is 0 Å². The zero-order chi connectivity index (χ0) is 19.7. The third-order valence-corrected chi connectivity index (χ3v) is 6.21. The summed E-state index contributed by atoms with van der Waals surface area (Å²) in [6.45, 7) is 1.75. The molecule has 1 N–H and O–H groups in total. The Balaban J connectivity index is 1.71. The summed E-state index contributed by atoms with van der Waals surface area (Å²) >= 11 is 2.62. The first-order valence-electron chi connectivity index (χ1n) is 8.43. The Bertz CT molecular complexity index is 1200. The number of nitrogens with zero attached hydrogens (tertiary/aromatic N) is 3. The number of hydrogen-bond donors (Lipinski definition) is 1. The van der Waals surface area contributed by atoms with E-state index in [0.29, 0.717) is 27.0 Å². The fourth-order valence-corrected chi connectivity index (χ4v) is 4.58. The lowest BCUT2D eigenvalue weighted by molar-refractivity contribution is -0.115. The largest absolute Gasteiger partial charge is 0.360 e. The highest BCUT2D eigenvalue weighted by Gasteiger charge is 2.25. The fraction of sp³-hybridized carbons (Fsp3) is 0.158. The Hall–Kier alpha value is -2.91. The van der Waals surface area contributed by atoms with Gasteiger partial charge in [-0.3, -0.25) is 14.2 Å². The minimum Gasteiger partial charge on any atom is -0.360 e. The van der Waals surface area contributed by atoms with Crippen LogP contribution in [0.25, 0.3) is 10.2 Å². The number of amides is 1. The van der Waals surface area contributed by atoms with E-state index in [1.807, 2.05) is 35.7 Å². The summed E-state index contributed by atoms with van der Waals surface area (Å²) in [5.41, 5.74) is 0.666. The molecule has 4 aromatic rings. The summed E-state index contributed by atoms with van der Waals surface area (Å²) in [7, 11) is 1.66. The van der Waals surface area contributed by atoms with Crippen molar-refractivity contribution in [3.8, 4) is 0 Å². The quantitative estimate of drug-likeness (QED) is 0.396. The maximum absolute atomic E-state index is 13.0. The summed E-state index contributed by atoms with van der Waals surface area (Å²) in [4.78, 5) is 30.8. The van der Waals surface area contributed by atoms with E-state index in [1.54, 1.807) is 26.1 Å². The van der Waals surface area contributed by atoms with Crippen molar-refractivity contribution in [1.82, 2.24) is 14.7 Å². The minimum absolute atomic E-state index is 0.131. The van der Waals surface area contributed by atoms with E-state index >= 15 is 0 Å². The van der Waals surface area contributed by atoms with Crippen LogP contribution in [0.1, 0.15) is 16.6 Å². The first-order chi connectivity index (χ1) is 13.5. The van der Waals surface area contributed by atoms with Gasteiger partial charge in [0.1, 0.15) is 15.8 Å². The Morgan fingerprint density at radius 2 is 2.07 bits per heavy atom. The number of nitrogens with one attached hydrogen (secondary N) is 1. The van der Waals surface area contributed by atoms with Crippen LogP contribution >= 0.6 is 23.1 Å². The lowest BCUT2D eigenvalue weighted by Crippen LogP contribution is -2.23. The van der Waals surface area contributed by atoms with Gasteiger partial charge in [-0.05, 0) is 23.9 Å². The first-order valence-corrected chi connectivity index (χ1v) is 10.2.